The van der Waals surface area contributed by atoms with E-state index in [0.717, 1.165) is 11.1 Å². The highest BCUT2D eigenvalue weighted by Gasteiger charge is 2.15. The zero-order valence-corrected chi connectivity index (χ0v) is 14.2. The molecule has 4 aromatic rings. The lowest BCUT2D eigenvalue weighted by Gasteiger charge is -2.11. The van der Waals surface area contributed by atoms with Crippen molar-refractivity contribution in [2.24, 2.45) is 0 Å². The van der Waals surface area contributed by atoms with Crippen molar-refractivity contribution < 1.29 is 19.4 Å². The molecular formula is C22H15NO4. The van der Waals surface area contributed by atoms with Gasteiger partial charge in [-0.05, 0) is 42.5 Å². The Labute approximate surface area is 155 Å². The zero-order valence-electron chi connectivity index (χ0n) is 14.2. The molecule has 0 radical (unpaired) electrons. The van der Waals surface area contributed by atoms with Crippen LogP contribution < -0.4 is 9.47 Å². The molecular weight excluding hydrogens is 342 g/mol. The van der Waals surface area contributed by atoms with Crippen LogP contribution in [0.5, 0.6) is 23.0 Å². The van der Waals surface area contributed by atoms with Gasteiger partial charge in [0.05, 0.1) is 0 Å². The van der Waals surface area contributed by atoms with E-state index >= 15 is 0 Å². The number of aromatic nitrogens is 1. The minimum absolute atomic E-state index is 0.0145. The molecule has 27 heavy (non-hydrogen) atoms. The number of benzene rings is 3. The van der Waals surface area contributed by atoms with Gasteiger partial charge >= 0.3 is 0 Å². The van der Waals surface area contributed by atoms with Crippen LogP contribution in [0.2, 0.25) is 0 Å². The summed E-state index contributed by atoms with van der Waals surface area (Å²) in [4.78, 5) is 15.1. The van der Waals surface area contributed by atoms with Crippen molar-refractivity contribution in [3.05, 3.63) is 79.0 Å². The second-order valence-corrected chi connectivity index (χ2v) is 5.83. The van der Waals surface area contributed by atoms with Gasteiger partial charge in [0.25, 0.3) is 6.47 Å². The molecule has 0 spiro atoms. The van der Waals surface area contributed by atoms with Gasteiger partial charge in [0.2, 0.25) is 0 Å². The predicted molar refractivity (Wildman–Crippen MR) is 102 cm³/mol. The smallest absolute Gasteiger partial charge is 0.298 e. The highest BCUT2D eigenvalue weighted by molar-refractivity contribution is 5.94. The van der Waals surface area contributed by atoms with E-state index in [9.17, 15) is 9.90 Å². The molecule has 0 bridgehead atoms. The third kappa shape index (κ3) is 3.30. The summed E-state index contributed by atoms with van der Waals surface area (Å²) in [5, 5.41) is 12.1. The summed E-state index contributed by atoms with van der Waals surface area (Å²) in [6.07, 6.45) is 1.65. The summed E-state index contributed by atoms with van der Waals surface area (Å²) in [5.74, 6) is 1.72. The minimum Gasteiger partial charge on any atom is -0.505 e. The van der Waals surface area contributed by atoms with Crippen LogP contribution in [0.25, 0.3) is 22.0 Å². The fourth-order valence-electron chi connectivity index (χ4n) is 2.89. The number of ether oxygens (including phenoxy) is 2. The van der Waals surface area contributed by atoms with Crippen molar-refractivity contribution in [1.29, 1.82) is 0 Å². The maximum absolute atomic E-state index is 10.7. The summed E-state index contributed by atoms with van der Waals surface area (Å²) in [6, 6.07) is 21.7. The molecule has 0 saturated heterocycles. The number of pyridine rings is 1. The molecule has 132 valence electrons. The number of para-hydroxylation sites is 2. The van der Waals surface area contributed by atoms with Crippen molar-refractivity contribution in [2.75, 3.05) is 0 Å². The standard InChI is InChI=1S/C22H15NO4/c24-14-26-20-9-5-4-8-19(20)21-22(25)18-11-10-17(12-15(18)13-23-21)27-16-6-2-1-3-7-16/h1-14,25H. The van der Waals surface area contributed by atoms with Crippen LogP contribution in [0.4, 0.5) is 0 Å². The van der Waals surface area contributed by atoms with E-state index < -0.39 is 0 Å². The molecule has 0 aliphatic heterocycles. The number of nitrogens with zero attached hydrogens (tertiary/aromatic N) is 1. The maximum atomic E-state index is 10.7. The summed E-state index contributed by atoms with van der Waals surface area (Å²) in [7, 11) is 0. The van der Waals surface area contributed by atoms with Crippen molar-refractivity contribution in [2.45, 2.75) is 0 Å². The van der Waals surface area contributed by atoms with Crippen LogP contribution in [0.1, 0.15) is 0 Å². The summed E-state index contributed by atoms with van der Waals surface area (Å²) < 4.78 is 10.8. The van der Waals surface area contributed by atoms with Crippen molar-refractivity contribution in [3.63, 3.8) is 0 Å². The monoisotopic (exact) mass is 357 g/mol. The Morgan fingerprint density at radius 1 is 0.889 bits per heavy atom. The Balaban J connectivity index is 1.75. The molecule has 5 nitrogen and oxygen atoms in total. The zero-order chi connectivity index (χ0) is 18.6. The predicted octanol–water partition coefficient (Wildman–Crippen LogP) is 4.93. The topological polar surface area (TPSA) is 68.7 Å². The molecule has 5 heteroatoms. The van der Waals surface area contributed by atoms with Gasteiger partial charge in [-0.3, -0.25) is 9.78 Å². The molecule has 1 aromatic heterocycles. The van der Waals surface area contributed by atoms with Gasteiger partial charge in [0, 0.05) is 22.5 Å². The van der Waals surface area contributed by atoms with Gasteiger partial charge in [0.1, 0.15) is 28.7 Å². The van der Waals surface area contributed by atoms with Gasteiger partial charge in [0.15, 0.2) is 0 Å². The first-order valence-corrected chi connectivity index (χ1v) is 8.30. The van der Waals surface area contributed by atoms with E-state index in [1.807, 2.05) is 36.4 Å². The van der Waals surface area contributed by atoms with Crippen molar-refractivity contribution >= 4 is 17.2 Å². The van der Waals surface area contributed by atoms with Gasteiger partial charge in [-0.25, -0.2) is 0 Å². The molecule has 0 aliphatic rings. The Morgan fingerprint density at radius 3 is 2.48 bits per heavy atom. The van der Waals surface area contributed by atoms with E-state index in [1.54, 1.807) is 42.6 Å². The number of carbonyl (C=O) groups excluding carboxylic acids is 1. The van der Waals surface area contributed by atoms with Crippen LogP contribution in [0.3, 0.4) is 0 Å². The first-order chi connectivity index (χ1) is 13.3. The van der Waals surface area contributed by atoms with Crippen LogP contribution in [0, 0.1) is 0 Å². The molecule has 1 N–H and O–H groups in total. The Bertz CT molecular complexity index is 1110. The quantitative estimate of drug-likeness (QED) is 0.513. The molecule has 0 unspecified atom stereocenters. The molecule has 0 saturated carbocycles. The van der Waals surface area contributed by atoms with Gasteiger partial charge in [-0.1, -0.05) is 30.3 Å². The highest BCUT2D eigenvalue weighted by Crippen LogP contribution is 2.39. The van der Waals surface area contributed by atoms with Crippen molar-refractivity contribution in [3.8, 4) is 34.3 Å². The van der Waals surface area contributed by atoms with Gasteiger partial charge < -0.3 is 14.6 Å². The minimum atomic E-state index is 0.0145. The van der Waals surface area contributed by atoms with E-state index in [4.69, 9.17) is 9.47 Å². The van der Waals surface area contributed by atoms with Crippen molar-refractivity contribution in [1.82, 2.24) is 4.98 Å². The Morgan fingerprint density at radius 2 is 1.67 bits per heavy atom. The molecule has 0 amide bonds. The number of rotatable bonds is 5. The van der Waals surface area contributed by atoms with Crippen LogP contribution >= 0.6 is 0 Å². The summed E-state index contributed by atoms with van der Waals surface area (Å²) in [5.41, 5.74) is 0.880. The van der Waals surface area contributed by atoms with Crippen LogP contribution in [-0.4, -0.2) is 16.6 Å². The third-order valence-electron chi connectivity index (χ3n) is 4.13. The Kier molecular flexibility index (Phi) is 4.41. The molecule has 4 rings (SSSR count). The average Bonchev–Trinajstić information content (AvgIpc) is 2.70. The third-order valence-corrected chi connectivity index (χ3v) is 4.13. The number of fused-ring (bicyclic) bond motifs is 1. The lowest BCUT2D eigenvalue weighted by atomic mass is 10.0. The second kappa shape index (κ2) is 7.17. The normalized spacial score (nSPS) is 10.5. The fraction of sp³-hybridized carbons (Fsp3) is 0. The van der Waals surface area contributed by atoms with E-state index in [2.05, 4.69) is 4.98 Å². The van der Waals surface area contributed by atoms with Gasteiger partial charge in [-0.2, -0.15) is 0 Å². The van der Waals surface area contributed by atoms with Crippen LogP contribution in [-0.2, 0) is 4.79 Å². The average molecular weight is 357 g/mol. The number of hydrogen-bond acceptors (Lipinski definition) is 5. The second-order valence-electron chi connectivity index (χ2n) is 5.83. The van der Waals surface area contributed by atoms with E-state index in [-0.39, 0.29) is 5.75 Å². The number of carbonyl (C=O) groups is 1. The van der Waals surface area contributed by atoms with E-state index in [1.165, 1.54) is 0 Å². The molecule has 1 heterocycles. The Hall–Kier alpha value is -3.86. The lowest BCUT2D eigenvalue weighted by Crippen LogP contribution is -1.94. The highest BCUT2D eigenvalue weighted by atomic mass is 16.5. The summed E-state index contributed by atoms with van der Waals surface area (Å²) >= 11 is 0. The SMILES string of the molecule is O=COc1ccccc1-c1ncc2cc(Oc3ccccc3)ccc2c1O. The first-order valence-electron chi connectivity index (χ1n) is 8.30. The lowest BCUT2D eigenvalue weighted by molar-refractivity contribution is -0.120. The largest absolute Gasteiger partial charge is 0.505 e. The maximum Gasteiger partial charge on any atom is 0.298 e. The van der Waals surface area contributed by atoms with Gasteiger partial charge in [-0.15, -0.1) is 0 Å². The fourth-order valence-corrected chi connectivity index (χ4v) is 2.89. The molecule has 3 aromatic carbocycles. The molecule has 0 aliphatic carbocycles. The first kappa shape index (κ1) is 16.6. The van der Waals surface area contributed by atoms with E-state index in [0.29, 0.717) is 34.6 Å². The van der Waals surface area contributed by atoms with Crippen LogP contribution in [0.15, 0.2) is 79.0 Å². The summed E-state index contributed by atoms with van der Waals surface area (Å²) in [6.45, 7) is 0.351. The number of aromatic hydroxyl groups is 1. The molecule has 0 atom stereocenters. The molecule has 0 fully saturated rings. The number of hydrogen-bond donors (Lipinski definition) is 1.